The molecular formula is C22H13Cl2NO2. The van der Waals surface area contributed by atoms with Gasteiger partial charge in [-0.1, -0.05) is 53.5 Å². The average Bonchev–Trinajstić information content (AvgIpc) is 2.67. The van der Waals surface area contributed by atoms with Gasteiger partial charge in [0.25, 0.3) is 0 Å². The van der Waals surface area contributed by atoms with Gasteiger partial charge >= 0.3 is 5.97 Å². The van der Waals surface area contributed by atoms with Gasteiger partial charge < -0.3 is 4.74 Å². The van der Waals surface area contributed by atoms with E-state index < -0.39 is 5.97 Å². The number of allylic oxidation sites excluding steroid dienone is 1. The molecule has 3 rings (SSSR count). The minimum Gasteiger partial charge on any atom is -0.423 e. The summed E-state index contributed by atoms with van der Waals surface area (Å²) in [5, 5.41) is 10.4. The van der Waals surface area contributed by atoms with Crippen molar-refractivity contribution in [3.05, 3.63) is 99.5 Å². The number of nitriles is 1. The molecule has 0 unspecified atom stereocenters. The Morgan fingerprint density at radius 3 is 2.07 bits per heavy atom. The van der Waals surface area contributed by atoms with Crippen LogP contribution in [0.1, 0.15) is 21.5 Å². The maximum absolute atomic E-state index is 12.1. The van der Waals surface area contributed by atoms with Crippen LogP contribution < -0.4 is 4.74 Å². The van der Waals surface area contributed by atoms with Crippen molar-refractivity contribution in [3.8, 4) is 11.8 Å². The zero-order valence-electron chi connectivity index (χ0n) is 14.0. The molecule has 0 saturated carbocycles. The van der Waals surface area contributed by atoms with Crippen LogP contribution in [0, 0.1) is 11.3 Å². The fourth-order valence-corrected chi connectivity index (χ4v) is 2.80. The largest absolute Gasteiger partial charge is 0.423 e. The summed E-state index contributed by atoms with van der Waals surface area (Å²) in [6.07, 6.45) is 1.74. The monoisotopic (exact) mass is 393 g/mol. The Balaban J connectivity index is 1.77. The molecule has 0 heterocycles. The number of carbonyl (C=O) groups is 1. The molecule has 5 heteroatoms. The van der Waals surface area contributed by atoms with Gasteiger partial charge in [-0.3, -0.25) is 0 Å². The molecule has 0 radical (unpaired) electrons. The first-order valence-corrected chi connectivity index (χ1v) is 8.76. The van der Waals surface area contributed by atoms with Gasteiger partial charge in [0.2, 0.25) is 0 Å². The lowest BCUT2D eigenvalue weighted by Gasteiger charge is -2.05. The predicted octanol–water partition coefficient (Wildman–Crippen LogP) is 6.28. The van der Waals surface area contributed by atoms with Gasteiger partial charge in [-0.15, -0.1) is 0 Å². The molecule has 0 saturated heterocycles. The molecule has 0 bridgehead atoms. The van der Waals surface area contributed by atoms with E-state index in [2.05, 4.69) is 6.07 Å². The third-order valence-electron chi connectivity index (χ3n) is 3.72. The van der Waals surface area contributed by atoms with Crippen LogP contribution in [-0.4, -0.2) is 5.97 Å². The standard InChI is InChI=1S/C22H13Cl2NO2/c23-19-5-1-3-16(12-19)18(14-25)11-15-7-9-21(10-8-15)27-22(26)17-4-2-6-20(24)13-17/h1-13H/b18-11-. The molecule has 27 heavy (non-hydrogen) atoms. The summed E-state index contributed by atoms with van der Waals surface area (Å²) in [7, 11) is 0. The van der Waals surface area contributed by atoms with E-state index in [1.807, 2.05) is 6.07 Å². The highest BCUT2D eigenvalue weighted by atomic mass is 35.5. The van der Waals surface area contributed by atoms with Crippen molar-refractivity contribution >= 4 is 40.8 Å². The van der Waals surface area contributed by atoms with Gasteiger partial charge in [0, 0.05) is 10.0 Å². The first kappa shape index (κ1) is 18.7. The Kier molecular flexibility index (Phi) is 5.93. The van der Waals surface area contributed by atoms with Crippen LogP contribution in [0.3, 0.4) is 0 Å². The second-order valence-electron chi connectivity index (χ2n) is 5.65. The number of esters is 1. The number of benzene rings is 3. The van der Waals surface area contributed by atoms with E-state index in [0.717, 1.165) is 11.1 Å². The Labute approximate surface area is 167 Å². The number of hydrogen-bond donors (Lipinski definition) is 0. The summed E-state index contributed by atoms with van der Waals surface area (Å²) in [6, 6.07) is 22.7. The molecule has 0 atom stereocenters. The molecule has 0 spiro atoms. The normalized spacial score (nSPS) is 10.9. The number of carbonyl (C=O) groups excluding carboxylic acids is 1. The van der Waals surface area contributed by atoms with Crippen molar-refractivity contribution in [2.24, 2.45) is 0 Å². The summed E-state index contributed by atoms with van der Waals surface area (Å²) in [5.74, 6) is -0.0872. The number of ether oxygens (including phenoxy) is 1. The van der Waals surface area contributed by atoms with Crippen molar-refractivity contribution in [3.63, 3.8) is 0 Å². The second kappa shape index (κ2) is 8.55. The van der Waals surface area contributed by atoms with E-state index in [4.69, 9.17) is 27.9 Å². The molecular weight excluding hydrogens is 381 g/mol. The van der Waals surface area contributed by atoms with Gasteiger partial charge in [0.1, 0.15) is 5.75 Å². The van der Waals surface area contributed by atoms with E-state index in [1.165, 1.54) is 0 Å². The molecule has 0 N–H and O–H groups in total. The van der Waals surface area contributed by atoms with Crippen LogP contribution >= 0.6 is 23.2 Å². The van der Waals surface area contributed by atoms with Crippen molar-refractivity contribution < 1.29 is 9.53 Å². The Morgan fingerprint density at radius 1 is 0.889 bits per heavy atom. The molecule has 0 fully saturated rings. The van der Waals surface area contributed by atoms with Crippen molar-refractivity contribution in [1.82, 2.24) is 0 Å². The maximum atomic E-state index is 12.1. The molecule has 0 aliphatic carbocycles. The maximum Gasteiger partial charge on any atom is 0.343 e. The first-order chi connectivity index (χ1) is 13.0. The molecule has 3 aromatic carbocycles. The minimum absolute atomic E-state index is 0.374. The molecule has 0 aliphatic heterocycles. The lowest BCUT2D eigenvalue weighted by Crippen LogP contribution is -2.08. The Bertz CT molecular complexity index is 1050. The van der Waals surface area contributed by atoms with Crippen LogP contribution in [0.4, 0.5) is 0 Å². The Hall–Kier alpha value is -3.06. The molecule has 3 aromatic rings. The minimum atomic E-state index is -0.488. The van der Waals surface area contributed by atoms with E-state index in [-0.39, 0.29) is 0 Å². The number of nitrogens with zero attached hydrogens (tertiary/aromatic N) is 1. The lowest BCUT2D eigenvalue weighted by molar-refractivity contribution is 0.0735. The van der Waals surface area contributed by atoms with Crippen LogP contribution in [-0.2, 0) is 0 Å². The van der Waals surface area contributed by atoms with Crippen molar-refractivity contribution in [1.29, 1.82) is 5.26 Å². The third kappa shape index (κ3) is 4.98. The topological polar surface area (TPSA) is 50.1 Å². The SMILES string of the molecule is N#C/C(=C/c1ccc(OC(=O)c2cccc(Cl)c2)cc1)c1cccc(Cl)c1. The third-order valence-corrected chi connectivity index (χ3v) is 4.19. The summed E-state index contributed by atoms with van der Waals surface area (Å²) in [5.41, 5.74) is 2.40. The van der Waals surface area contributed by atoms with Crippen molar-refractivity contribution in [2.75, 3.05) is 0 Å². The van der Waals surface area contributed by atoms with Crippen molar-refractivity contribution in [2.45, 2.75) is 0 Å². The molecule has 0 aliphatic rings. The van der Waals surface area contributed by atoms with Gasteiger partial charge in [-0.2, -0.15) is 5.26 Å². The van der Waals surface area contributed by atoms with Gasteiger partial charge in [0.05, 0.1) is 17.2 Å². The Morgan fingerprint density at radius 2 is 1.48 bits per heavy atom. The molecule has 132 valence electrons. The van der Waals surface area contributed by atoms with E-state index in [0.29, 0.717) is 26.9 Å². The number of hydrogen-bond acceptors (Lipinski definition) is 3. The number of rotatable bonds is 4. The number of halogens is 2. The smallest absolute Gasteiger partial charge is 0.343 e. The summed E-state index contributed by atoms with van der Waals surface area (Å²) < 4.78 is 5.34. The van der Waals surface area contributed by atoms with Gasteiger partial charge in [-0.25, -0.2) is 4.79 Å². The fourth-order valence-electron chi connectivity index (χ4n) is 2.42. The summed E-state index contributed by atoms with van der Waals surface area (Å²) in [6.45, 7) is 0. The second-order valence-corrected chi connectivity index (χ2v) is 6.52. The zero-order chi connectivity index (χ0) is 19.2. The van der Waals surface area contributed by atoms with E-state index in [1.54, 1.807) is 72.8 Å². The van der Waals surface area contributed by atoms with Gasteiger partial charge in [0.15, 0.2) is 0 Å². The highest BCUT2D eigenvalue weighted by molar-refractivity contribution is 6.31. The van der Waals surface area contributed by atoms with Gasteiger partial charge in [-0.05, 0) is 59.7 Å². The molecule has 0 aromatic heterocycles. The highest BCUT2D eigenvalue weighted by Gasteiger charge is 2.09. The first-order valence-electron chi connectivity index (χ1n) is 8.01. The molecule has 0 amide bonds. The van der Waals surface area contributed by atoms with E-state index in [9.17, 15) is 10.1 Å². The van der Waals surface area contributed by atoms with Crippen LogP contribution in [0.2, 0.25) is 10.0 Å². The predicted molar refractivity (Wildman–Crippen MR) is 108 cm³/mol. The summed E-state index contributed by atoms with van der Waals surface area (Å²) in [4.78, 5) is 12.1. The summed E-state index contributed by atoms with van der Waals surface area (Å²) >= 11 is 11.9. The average molecular weight is 394 g/mol. The molecule has 3 nitrogen and oxygen atoms in total. The lowest BCUT2D eigenvalue weighted by atomic mass is 10.0. The van der Waals surface area contributed by atoms with E-state index >= 15 is 0 Å². The highest BCUT2D eigenvalue weighted by Crippen LogP contribution is 2.22. The van der Waals surface area contributed by atoms with Crippen LogP contribution in [0.25, 0.3) is 11.6 Å². The van der Waals surface area contributed by atoms with Crippen LogP contribution in [0.15, 0.2) is 72.8 Å². The zero-order valence-corrected chi connectivity index (χ0v) is 15.5. The van der Waals surface area contributed by atoms with Crippen LogP contribution in [0.5, 0.6) is 5.75 Å². The quantitative estimate of drug-likeness (QED) is 0.227. The fraction of sp³-hybridized carbons (Fsp3) is 0.